The van der Waals surface area contributed by atoms with Crippen molar-refractivity contribution in [1.29, 1.82) is 5.26 Å². The molecule has 2 N–H and O–H groups in total. The maximum absolute atomic E-state index is 13.1. The van der Waals surface area contributed by atoms with Crippen LogP contribution in [0.1, 0.15) is 16.7 Å². The van der Waals surface area contributed by atoms with Gasteiger partial charge >= 0.3 is 12.4 Å². The Morgan fingerprint density at radius 3 is 2.12 bits per heavy atom. The number of hydrogen-bond acceptors (Lipinski definition) is 6. The van der Waals surface area contributed by atoms with Gasteiger partial charge in [0.25, 0.3) is 0 Å². The van der Waals surface area contributed by atoms with Crippen molar-refractivity contribution in [3.63, 3.8) is 0 Å². The third kappa shape index (κ3) is 4.97. The van der Waals surface area contributed by atoms with Crippen molar-refractivity contribution in [2.24, 2.45) is 0 Å². The molecular formula is C20H16F6N2O5S. The monoisotopic (exact) mass is 510 g/mol. The predicted molar refractivity (Wildman–Crippen MR) is 103 cm³/mol. The maximum atomic E-state index is 13.1. The minimum atomic E-state index is -4.82. The maximum Gasteiger partial charge on any atom is 0.416 e. The van der Waals surface area contributed by atoms with E-state index < -0.39 is 75.4 Å². The number of β-amino-alcohol motifs (C(OH)–C–C–N with tert-alkyl or cyclic N) is 1. The van der Waals surface area contributed by atoms with Crippen LogP contribution in [0.15, 0.2) is 47.4 Å². The average molecular weight is 510 g/mol. The van der Waals surface area contributed by atoms with Crippen molar-refractivity contribution in [3.05, 3.63) is 59.2 Å². The molecule has 0 aliphatic carbocycles. The SMILES string of the molecule is N#Cc1cc(C(F)(F)F)ccc1S(=O)(=O)N1C[C@H](Oc2ccc(C(F)(F)F)cc2)[C@@](O)(CO)C1. The molecule has 1 aliphatic rings. The number of nitrogens with zero attached hydrogens (tertiary/aromatic N) is 2. The molecule has 0 unspecified atom stereocenters. The number of aliphatic hydroxyl groups excluding tert-OH is 1. The van der Waals surface area contributed by atoms with Crippen molar-refractivity contribution >= 4 is 10.0 Å². The summed E-state index contributed by atoms with van der Waals surface area (Å²) in [5.41, 5.74) is -5.18. The highest BCUT2D eigenvalue weighted by Gasteiger charge is 2.51. The van der Waals surface area contributed by atoms with Crippen LogP contribution in [0.2, 0.25) is 0 Å². The van der Waals surface area contributed by atoms with Gasteiger partial charge in [0.1, 0.15) is 23.5 Å². The van der Waals surface area contributed by atoms with Gasteiger partial charge in [-0.1, -0.05) is 0 Å². The Hall–Kier alpha value is -2.86. The van der Waals surface area contributed by atoms with Crippen LogP contribution in [0, 0.1) is 11.3 Å². The first-order chi connectivity index (χ1) is 15.6. The second-order valence-corrected chi connectivity index (χ2v) is 9.41. The van der Waals surface area contributed by atoms with E-state index in [1.165, 1.54) is 6.07 Å². The molecule has 0 spiro atoms. The molecule has 0 bridgehead atoms. The number of alkyl halides is 6. The lowest BCUT2D eigenvalue weighted by Crippen LogP contribution is -2.48. The smallest absolute Gasteiger partial charge is 0.416 e. The molecule has 1 saturated heterocycles. The van der Waals surface area contributed by atoms with E-state index in [4.69, 9.17) is 4.74 Å². The molecule has 3 rings (SSSR count). The van der Waals surface area contributed by atoms with Crippen molar-refractivity contribution in [2.45, 2.75) is 29.0 Å². The first-order valence-corrected chi connectivity index (χ1v) is 10.8. The lowest BCUT2D eigenvalue weighted by molar-refractivity contribution is -0.138. The number of sulfonamides is 1. The van der Waals surface area contributed by atoms with Gasteiger partial charge in [0, 0.05) is 6.54 Å². The summed E-state index contributed by atoms with van der Waals surface area (Å²) in [6.45, 7) is -2.35. The first kappa shape index (κ1) is 25.8. The second-order valence-electron chi connectivity index (χ2n) is 7.51. The van der Waals surface area contributed by atoms with Crippen LogP contribution < -0.4 is 4.74 Å². The summed E-state index contributed by atoms with van der Waals surface area (Å²) in [5.74, 6) is -0.156. The quantitative estimate of drug-likeness (QED) is 0.599. The molecule has 0 radical (unpaired) electrons. The highest BCUT2D eigenvalue weighted by Crippen LogP contribution is 2.35. The Balaban J connectivity index is 1.90. The fraction of sp³-hybridized carbons (Fsp3) is 0.350. The van der Waals surface area contributed by atoms with Crippen LogP contribution in [-0.2, 0) is 22.4 Å². The first-order valence-electron chi connectivity index (χ1n) is 9.40. The molecule has 34 heavy (non-hydrogen) atoms. The number of halogens is 6. The van der Waals surface area contributed by atoms with Gasteiger partial charge in [0.15, 0.2) is 0 Å². The molecule has 2 aromatic rings. The number of aliphatic hydroxyl groups is 2. The van der Waals surface area contributed by atoms with Crippen LogP contribution in [0.3, 0.4) is 0 Å². The summed E-state index contributed by atoms with van der Waals surface area (Å²) in [6, 6.07) is 6.17. The summed E-state index contributed by atoms with van der Waals surface area (Å²) < 4.78 is 109. The second kappa shape index (κ2) is 8.73. The lowest BCUT2D eigenvalue weighted by atomic mass is 10.0. The van der Waals surface area contributed by atoms with E-state index >= 15 is 0 Å². The minimum absolute atomic E-state index is 0.156. The van der Waals surface area contributed by atoms with Gasteiger partial charge < -0.3 is 14.9 Å². The van der Waals surface area contributed by atoms with Gasteiger partial charge in [0.2, 0.25) is 10.0 Å². The molecule has 1 heterocycles. The minimum Gasteiger partial charge on any atom is -0.486 e. The van der Waals surface area contributed by atoms with Crippen molar-refractivity contribution in [2.75, 3.05) is 19.7 Å². The van der Waals surface area contributed by atoms with E-state index in [1.54, 1.807) is 0 Å². The number of benzene rings is 2. The molecule has 0 aromatic heterocycles. The molecule has 2 atom stereocenters. The summed E-state index contributed by atoms with van der Waals surface area (Å²) in [4.78, 5) is -0.751. The van der Waals surface area contributed by atoms with Crippen molar-refractivity contribution < 1.29 is 49.7 Å². The highest BCUT2D eigenvalue weighted by molar-refractivity contribution is 7.89. The molecule has 0 saturated carbocycles. The third-order valence-electron chi connectivity index (χ3n) is 5.20. The number of ether oxygens (including phenoxy) is 1. The Labute approximate surface area is 189 Å². The molecule has 1 aliphatic heterocycles. The van der Waals surface area contributed by atoms with E-state index in [0.717, 1.165) is 12.1 Å². The fourth-order valence-corrected chi connectivity index (χ4v) is 4.98. The fourth-order valence-electron chi connectivity index (χ4n) is 3.35. The van der Waals surface area contributed by atoms with Crippen LogP contribution in [0.5, 0.6) is 5.75 Å². The van der Waals surface area contributed by atoms with E-state index in [9.17, 15) is 50.2 Å². The zero-order valence-corrected chi connectivity index (χ0v) is 17.7. The Kier molecular flexibility index (Phi) is 6.61. The van der Waals surface area contributed by atoms with Crippen molar-refractivity contribution in [3.8, 4) is 11.8 Å². The van der Waals surface area contributed by atoms with Gasteiger partial charge in [-0.15, -0.1) is 0 Å². The van der Waals surface area contributed by atoms with Gasteiger partial charge in [-0.3, -0.25) is 0 Å². The zero-order chi connectivity index (χ0) is 25.5. The van der Waals surface area contributed by atoms with Crippen molar-refractivity contribution in [1.82, 2.24) is 4.31 Å². The van der Waals surface area contributed by atoms with Gasteiger partial charge in [-0.25, -0.2) is 8.42 Å². The zero-order valence-electron chi connectivity index (χ0n) is 16.9. The number of hydrogen-bond donors (Lipinski definition) is 2. The number of rotatable bonds is 5. The summed E-state index contributed by atoms with van der Waals surface area (Å²) in [7, 11) is -4.63. The van der Waals surface area contributed by atoms with Crippen LogP contribution >= 0.6 is 0 Å². The molecule has 14 heteroatoms. The Bertz CT molecular complexity index is 1210. The van der Waals surface area contributed by atoms with Crippen LogP contribution in [0.4, 0.5) is 26.3 Å². The predicted octanol–water partition coefficient (Wildman–Crippen LogP) is 2.77. The van der Waals surface area contributed by atoms with Crippen LogP contribution in [0.25, 0.3) is 0 Å². The lowest BCUT2D eigenvalue weighted by Gasteiger charge is -2.27. The van der Waals surface area contributed by atoms with E-state index in [-0.39, 0.29) is 5.75 Å². The van der Waals surface area contributed by atoms with Gasteiger partial charge in [0.05, 0.1) is 34.7 Å². The summed E-state index contributed by atoms with van der Waals surface area (Å²) >= 11 is 0. The van der Waals surface area contributed by atoms with E-state index in [1.807, 2.05) is 0 Å². The molecule has 2 aromatic carbocycles. The van der Waals surface area contributed by atoms with E-state index in [0.29, 0.717) is 34.6 Å². The topological polar surface area (TPSA) is 111 Å². The van der Waals surface area contributed by atoms with Gasteiger partial charge in [-0.2, -0.15) is 35.9 Å². The summed E-state index contributed by atoms with van der Waals surface area (Å²) in [6.07, 6.45) is -10.9. The van der Waals surface area contributed by atoms with Gasteiger partial charge in [-0.05, 0) is 42.5 Å². The molecule has 1 fully saturated rings. The molecule has 7 nitrogen and oxygen atoms in total. The standard InChI is InChI=1S/C20H16F6N2O5S/c21-19(22,23)13-1-4-15(5-2-13)33-17-9-28(10-18(17,30)11-29)34(31,32)16-6-3-14(20(24,25)26)7-12(16)8-27/h1-7,17,29-30H,9-11H2/t17-,18-/m0/s1. The Morgan fingerprint density at radius 2 is 1.62 bits per heavy atom. The third-order valence-corrected chi connectivity index (χ3v) is 7.07. The molecule has 0 amide bonds. The molecular weight excluding hydrogens is 494 g/mol. The Morgan fingerprint density at radius 1 is 1.06 bits per heavy atom. The van der Waals surface area contributed by atoms with E-state index in [2.05, 4.69) is 0 Å². The summed E-state index contributed by atoms with van der Waals surface area (Å²) in [5, 5.41) is 29.5. The molecule has 184 valence electrons. The highest BCUT2D eigenvalue weighted by atomic mass is 32.2. The number of nitriles is 1. The largest absolute Gasteiger partial charge is 0.486 e. The van der Waals surface area contributed by atoms with Crippen LogP contribution in [-0.4, -0.2) is 54.3 Å². The normalized spacial score (nSPS) is 21.9. The average Bonchev–Trinajstić information content (AvgIpc) is 3.10.